The summed E-state index contributed by atoms with van der Waals surface area (Å²) < 4.78 is 5.41. The Bertz CT molecular complexity index is 822. The van der Waals surface area contributed by atoms with Crippen molar-refractivity contribution in [3.8, 4) is 5.75 Å². The van der Waals surface area contributed by atoms with Crippen molar-refractivity contribution < 1.29 is 14.3 Å². The number of Topliss-reactive ketones (excluding diaryl/α,β-unsaturated/α-hetero) is 1. The molecule has 0 bridgehead atoms. The number of carbonyl (C=O) groups excluding carboxylic acids is 2. The molecule has 1 saturated carbocycles. The number of aryl methyl sites for hydroxylation is 1. The minimum Gasteiger partial charge on any atom is -0.496 e. The van der Waals surface area contributed by atoms with E-state index in [0.29, 0.717) is 17.7 Å². The largest absolute Gasteiger partial charge is 0.496 e. The number of carbonyl (C=O) groups is 2. The molecule has 1 aliphatic rings. The van der Waals surface area contributed by atoms with Crippen LogP contribution in [-0.4, -0.2) is 29.8 Å². The third-order valence-corrected chi connectivity index (χ3v) is 4.87. The zero-order chi connectivity index (χ0) is 18.1. The Balaban J connectivity index is 1.77. The van der Waals surface area contributed by atoms with Gasteiger partial charge in [-0.1, -0.05) is 25.1 Å². The second kappa shape index (κ2) is 6.75. The van der Waals surface area contributed by atoms with Gasteiger partial charge in [-0.25, -0.2) is 0 Å². The Kier molecular flexibility index (Phi) is 4.66. The van der Waals surface area contributed by atoms with E-state index >= 15 is 0 Å². The zero-order valence-electron chi connectivity index (χ0n) is 15.1. The first kappa shape index (κ1) is 17.3. The summed E-state index contributed by atoms with van der Waals surface area (Å²) in [5.41, 5.74) is 3.84. The molecule has 3 rings (SSSR count). The van der Waals surface area contributed by atoms with E-state index in [4.69, 9.17) is 4.74 Å². The van der Waals surface area contributed by atoms with Gasteiger partial charge in [-0.05, 0) is 43.9 Å². The van der Waals surface area contributed by atoms with Crippen LogP contribution in [0.5, 0.6) is 5.75 Å². The number of aromatic amines is 1. The second-order valence-corrected chi connectivity index (χ2v) is 6.55. The normalized spacial score (nSPS) is 18.7. The molecule has 2 N–H and O–H groups in total. The first-order valence-corrected chi connectivity index (χ1v) is 8.64. The lowest BCUT2D eigenvalue weighted by Crippen LogP contribution is -2.28. The molecule has 1 aliphatic carbocycles. The molecule has 5 nitrogen and oxygen atoms in total. The van der Waals surface area contributed by atoms with E-state index in [1.807, 2.05) is 38.1 Å². The van der Waals surface area contributed by atoms with E-state index in [-0.39, 0.29) is 23.7 Å². The molecule has 1 amide bonds. The van der Waals surface area contributed by atoms with Crippen molar-refractivity contribution in [2.45, 2.75) is 45.6 Å². The van der Waals surface area contributed by atoms with E-state index in [0.717, 1.165) is 29.0 Å². The van der Waals surface area contributed by atoms with Crippen LogP contribution in [-0.2, 0) is 6.42 Å². The SMILES string of the molecule is CCc1c(C(=O)N[C@H]2C[C@H]2c2ccccc2OC)[nH]c(C)c1C(C)=O. The van der Waals surface area contributed by atoms with Crippen LogP contribution in [0.1, 0.15) is 63.9 Å². The number of rotatable bonds is 6. The van der Waals surface area contributed by atoms with E-state index in [9.17, 15) is 9.59 Å². The van der Waals surface area contributed by atoms with Crippen LogP contribution in [0.2, 0.25) is 0 Å². The average molecular weight is 340 g/mol. The highest BCUT2D eigenvalue weighted by Crippen LogP contribution is 2.44. The number of methoxy groups -OCH3 is 1. The minimum absolute atomic E-state index is 0.0111. The van der Waals surface area contributed by atoms with Gasteiger partial charge in [0.05, 0.1) is 7.11 Å². The Labute approximate surface area is 147 Å². The molecule has 1 fully saturated rings. The molecule has 5 heteroatoms. The molecule has 1 aromatic heterocycles. The van der Waals surface area contributed by atoms with Crippen molar-refractivity contribution >= 4 is 11.7 Å². The Morgan fingerprint density at radius 3 is 2.68 bits per heavy atom. The lowest BCUT2D eigenvalue weighted by molar-refractivity contribution is 0.0944. The van der Waals surface area contributed by atoms with Gasteiger partial charge in [0, 0.05) is 23.2 Å². The lowest BCUT2D eigenvalue weighted by atomic mass is 10.0. The monoisotopic (exact) mass is 340 g/mol. The number of hydrogen-bond acceptors (Lipinski definition) is 3. The van der Waals surface area contributed by atoms with Gasteiger partial charge < -0.3 is 15.0 Å². The summed E-state index contributed by atoms with van der Waals surface area (Å²) in [6, 6.07) is 8.00. The average Bonchev–Trinajstić information content (AvgIpc) is 3.26. The molecule has 1 heterocycles. The van der Waals surface area contributed by atoms with E-state index in [1.54, 1.807) is 7.11 Å². The first-order chi connectivity index (χ1) is 12.0. The molecular weight excluding hydrogens is 316 g/mol. The molecule has 2 aromatic rings. The number of nitrogens with one attached hydrogen (secondary N) is 2. The maximum atomic E-state index is 12.7. The summed E-state index contributed by atoms with van der Waals surface area (Å²) in [5.74, 6) is 0.972. The van der Waals surface area contributed by atoms with Crippen LogP contribution < -0.4 is 10.1 Å². The summed E-state index contributed by atoms with van der Waals surface area (Å²) in [7, 11) is 1.66. The van der Waals surface area contributed by atoms with Crippen molar-refractivity contribution in [3.63, 3.8) is 0 Å². The molecule has 0 aliphatic heterocycles. The fourth-order valence-corrected chi connectivity index (χ4v) is 3.61. The van der Waals surface area contributed by atoms with Crippen LogP contribution in [0.3, 0.4) is 0 Å². The summed E-state index contributed by atoms with van der Waals surface area (Å²) >= 11 is 0. The smallest absolute Gasteiger partial charge is 0.268 e. The van der Waals surface area contributed by atoms with Crippen molar-refractivity contribution in [2.75, 3.05) is 7.11 Å². The number of ether oxygens (including phenoxy) is 1. The topological polar surface area (TPSA) is 71.2 Å². The molecule has 2 atom stereocenters. The van der Waals surface area contributed by atoms with Gasteiger partial charge in [-0.15, -0.1) is 0 Å². The number of H-pyrrole nitrogens is 1. The third kappa shape index (κ3) is 3.18. The maximum absolute atomic E-state index is 12.7. The highest BCUT2D eigenvalue weighted by Gasteiger charge is 2.41. The second-order valence-electron chi connectivity index (χ2n) is 6.55. The molecule has 25 heavy (non-hydrogen) atoms. The number of benzene rings is 1. The molecule has 0 radical (unpaired) electrons. The minimum atomic E-state index is -0.144. The molecule has 0 saturated heterocycles. The molecule has 0 spiro atoms. The summed E-state index contributed by atoms with van der Waals surface area (Å²) in [5, 5.41) is 3.09. The number of ketones is 1. The summed E-state index contributed by atoms with van der Waals surface area (Å²) in [6.07, 6.45) is 1.54. The van der Waals surface area contributed by atoms with Gasteiger partial charge in [0.2, 0.25) is 0 Å². The van der Waals surface area contributed by atoms with Crippen molar-refractivity contribution in [1.82, 2.24) is 10.3 Å². The van der Waals surface area contributed by atoms with Gasteiger partial charge in [-0.2, -0.15) is 0 Å². The number of hydrogen-bond donors (Lipinski definition) is 2. The number of aromatic nitrogens is 1. The lowest BCUT2D eigenvalue weighted by Gasteiger charge is -2.09. The van der Waals surface area contributed by atoms with Crippen LogP contribution in [0, 0.1) is 6.92 Å². The van der Waals surface area contributed by atoms with E-state index in [2.05, 4.69) is 10.3 Å². The quantitative estimate of drug-likeness (QED) is 0.792. The van der Waals surface area contributed by atoms with Crippen LogP contribution >= 0.6 is 0 Å². The molecule has 0 unspecified atom stereocenters. The van der Waals surface area contributed by atoms with E-state index in [1.165, 1.54) is 6.92 Å². The maximum Gasteiger partial charge on any atom is 0.268 e. The van der Waals surface area contributed by atoms with Crippen LogP contribution in [0.4, 0.5) is 0 Å². The number of para-hydroxylation sites is 1. The Morgan fingerprint density at radius 1 is 1.32 bits per heavy atom. The predicted octanol–water partition coefficient (Wildman–Crippen LogP) is 3.38. The fraction of sp³-hybridized carbons (Fsp3) is 0.400. The van der Waals surface area contributed by atoms with Crippen LogP contribution in [0.15, 0.2) is 24.3 Å². The van der Waals surface area contributed by atoms with Gasteiger partial charge in [0.1, 0.15) is 11.4 Å². The fourth-order valence-electron chi connectivity index (χ4n) is 3.61. The molecule has 1 aromatic carbocycles. The standard InChI is InChI=1S/C20H24N2O3/c1-5-13-18(12(3)23)11(2)21-19(13)20(24)22-16-10-15(16)14-8-6-7-9-17(14)25-4/h6-9,15-16,21H,5,10H2,1-4H3,(H,22,24)/t15-,16-/m0/s1. The van der Waals surface area contributed by atoms with E-state index < -0.39 is 0 Å². The van der Waals surface area contributed by atoms with Gasteiger partial charge >= 0.3 is 0 Å². The van der Waals surface area contributed by atoms with Gasteiger partial charge in [-0.3, -0.25) is 9.59 Å². The van der Waals surface area contributed by atoms with Gasteiger partial charge in [0.15, 0.2) is 5.78 Å². The van der Waals surface area contributed by atoms with Crippen LogP contribution in [0.25, 0.3) is 0 Å². The van der Waals surface area contributed by atoms with Gasteiger partial charge in [0.25, 0.3) is 5.91 Å². The van der Waals surface area contributed by atoms with Crippen molar-refractivity contribution in [2.24, 2.45) is 0 Å². The zero-order valence-corrected chi connectivity index (χ0v) is 15.1. The highest BCUT2D eigenvalue weighted by molar-refractivity contribution is 6.02. The third-order valence-electron chi connectivity index (χ3n) is 4.87. The highest BCUT2D eigenvalue weighted by atomic mass is 16.5. The Hall–Kier alpha value is -2.56. The van der Waals surface area contributed by atoms with Crippen molar-refractivity contribution in [3.05, 3.63) is 52.3 Å². The van der Waals surface area contributed by atoms with Crippen molar-refractivity contribution in [1.29, 1.82) is 0 Å². The summed E-state index contributed by atoms with van der Waals surface area (Å²) in [4.78, 5) is 27.7. The molecular formula is C20H24N2O3. The first-order valence-electron chi connectivity index (χ1n) is 8.64. The summed E-state index contributed by atoms with van der Waals surface area (Å²) in [6.45, 7) is 5.33. The molecule has 132 valence electrons. The predicted molar refractivity (Wildman–Crippen MR) is 96.5 cm³/mol. The number of amides is 1. The Morgan fingerprint density at radius 2 is 2.04 bits per heavy atom.